The molecule has 0 spiro atoms. The Bertz CT molecular complexity index is 963. The molecule has 0 aromatic heterocycles. The van der Waals surface area contributed by atoms with Gasteiger partial charge in [-0.3, -0.25) is 0 Å². The van der Waals surface area contributed by atoms with Gasteiger partial charge in [0.1, 0.15) is 5.75 Å². The van der Waals surface area contributed by atoms with E-state index in [0.717, 1.165) is 16.9 Å². The van der Waals surface area contributed by atoms with Crippen molar-refractivity contribution >= 4 is 6.08 Å². The summed E-state index contributed by atoms with van der Waals surface area (Å²) in [7, 11) is 1.68. The zero-order valence-electron chi connectivity index (χ0n) is 16.1. The van der Waals surface area contributed by atoms with Crippen LogP contribution in [0.15, 0.2) is 121 Å². The molecule has 29 heavy (non-hydrogen) atoms. The Kier molecular flexibility index (Phi) is 8.91. The molecule has 0 aliphatic heterocycles. The maximum atomic E-state index is 11.6. The summed E-state index contributed by atoms with van der Waals surface area (Å²) in [5.74, 6) is 0.944. The first-order chi connectivity index (χ1) is 13.8. The van der Waals surface area contributed by atoms with Gasteiger partial charge in [0, 0.05) is 0 Å². The molecule has 0 atom stereocenters. The Morgan fingerprint density at radius 3 is 2.07 bits per heavy atom. The predicted octanol–water partition coefficient (Wildman–Crippen LogP) is 5.52. The molecule has 0 amide bonds. The number of ether oxygens (including phenoxy) is 1. The number of rotatable bonds is 4. The Morgan fingerprint density at radius 1 is 0.862 bits per heavy atom. The van der Waals surface area contributed by atoms with Crippen LogP contribution in [0.3, 0.4) is 0 Å². The van der Waals surface area contributed by atoms with E-state index in [9.17, 15) is 5.11 Å². The van der Waals surface area contributed by atoms with Crippen molar-refractivity contribution in [2.75, 3.05) is 7.11 Å². The summed E-state index contributed by atoms with van der Waals surface area (Å²) in [5.41, 5.74) is 4.26. The third-order valence-electron chi connectivity index (χ3n) is 4.26. The van der Waals surface area contributed by atoms with Gasteiger partial charge in [-0.15, -0.1) is 35.6 Å². The molecule has 146 valence electrons. The van der Waals surface area contributed by atoms with Crippen LogP contribution in [0.25, 0.3) is 17.2 Å². The van der Waals surface area contributed by atoms with Crippen LogP contribution >= 0.6 is 0 Å². The minimum absolute atomic E-state index is 0. The fourth-order valence-corrected chi connectivity index (χ4v) is 2.72. The van der Waals surface area contributed by atoms with Gasteiger partial charge in [-0.05, 0) is 11.1 Å². The van der Waals surface area contributed by atoms with Crippen molar-refractivity contribution < 1.29 is 26.9 Å². The SMILES string of the molecule is COc1ccc(-[c-]2cccc2)cc1.[Fe+2].[O-]C(C=Cc1ccccc1)=C1C=CC=C1. The Morgan fingerprint density at radius 2 is 1.48 bits per heavy atom. The first-order valence-corrected chi connectivity index (χ1v) is 9.11. The van der Waals surface area contributed by atoms with E-state index in [1.807, 2.05) is 85.0 Å². The standard InChI is InChI=1S/C14H12O.C12H11O.Fe/c15-14(13-8-4-5-9-13)11-10-12-6-2-1-3-7-12;1-13-12-8-6-11(7-9-12)10-4-2-3-5-10;/h1-11,15H;2-9H,1H3;/q;-1;+2/p-1. The summed E-state index contributed by atoms with van der Waals surface area (Å²) in [5, 5.41) is 11.6. The molecule has 3 aromatic rings. The van der Waals surface area contributed by atoms with Crippen LogP contribution in [-0.2, 0) is 17.1 Å². The molecule has 0 bridgehead atoms. The minimum atomic E-state index is 0. The van der Waals surface area contributed by atoms with Crippen molar-refractivity contribution in [3.8, 4) is 16.9 Å². The molecule has 3 aromatic carbocycles. The topological polar surface area (TPSA) is 32.3 Å². The van der Waals surface area contributed by atoms with Crippen LogP contribution in [-0.4, -0.2) is 7.11 Å². The van der Waals surface area contributed by atoms with Crippen LogP contribution in [0.2, 0.25) is 0 Å². The van der Waals surface area contributed by atoms with Gasteiger partial charge in [0.15, 0.2) is 0 Å². The fraction of sp³-hybridized carbons (Fsp3) is 0.0385. The van der Waals surface area contributed by atoms with Crippen molar-refractivity contribution in [2.45, 2.75) is 0 Å². The Hall–Kier alpha value is -3.13. The van der Waals surface area contributed by atoms with Crippen LogP contribution < -0.4 is 9.84 Å². The minimum Gasteiger partial charge on any atom is -0.872 e. The van der Waals surface area contributed by atoms with E-state index in [2.05, 4.69) is 24.3 Å². The second kappa shape index (κ2) is 11.7. The quantitative estimate of drug-likeness (QED) is 0.315. The summed E-state index contributed by atoms with van der Waals surface area (Å²) in [6.45, 7) is 0. The van der Waals surface area contributed by atoms with Gasteiger partial charge in [-0.1, -0.05) is 84.5 Å². The number of hydrogen-bond acceptors (Lipinski definition) is 2. The molecular formula is C26H22FeO2. The summed E-state index contributed by atoms with van der Waals surface area (Å²) < 4.78 is 5.09. The van der Waals surface area contributed by atoms with Gasteiger partial charge in [0.05, 0.1) is 7.11 Å². The van der Waals surface area contributed by atoms with Crippen LogP contribution in [0.1, 0.15) is 5.56 Å². The second-order valence-electron chi connectivity index (χ2n) is 6.18. The van der Waals surface area contributed by atoms with E-state index >= 15 is 0 Å². The van der Waals surface area contributed by atoms with Crippen molar-refractivity contribution in [1.29, 1.82) is 0 Å². The molecule has 0 fully saturated rings. The van der Waals surface area contributed by atoms with Crippen LogP contribution in [0.4, 0.5) is 0 Å². The zero-order chi connectivity index (χ0) is 19.6. The van der Waals surface area contributed by atoms with Crippen molar-refractivity contribution in [2.24, 2.45) is 0 Å². The van der Waals surface area contributed by atoms with E-state index in [-0.39, 0.29) is 22.8 Å². The molecule has 0 saturated heterocycles. The molecule has 0 saturated carbocycles. The molecule has 1 aliphatic rings. The largest absolute Gasteiger partial charge is 2.00 e. The maximum absolute atomic E-state index is 11.6. The van der Waals surface area contributed by atoms with E-state index in [1.165, 1.54) is 11.1 Å². The Balaban J connectivity index is 0.000000202. The molecule has 1 aliphatic carbocycles. The van der Waals surface area contributed by atoms with E-state index < -0.39 is 0 Å². The average molecular weight is 422 g/mol. The van der Waals surface area contributed by atoms with Gasteiger partial charge >= 0.3 is 17.1 Å². The molecule has 2 nitrogen and oxygen atoms in total. The normalized spacial score (nSPS) is 11.7. The molecule has 4 rings (SSSR count). The van der Waals surface area contributed by atoms with Gasteiger partial charge in [-0.2, -0.15) is 12.1 Å². The number of methoxy groups -OCH3 is 1. The maximum Gasteiger partial charge on any atom is 2.00 e. The molecule has 0 unspecified atom stereocenters. The van der Waals surface area contributed by atoms with Gasteiger partial charge in [-0.25, -0.2) is 0 Å². The van der Waals surface area contributed by atoms with E-state index in [1.54, 1.807) is 13.2 Å². The monoisotopic (exact) mass is 422 g/mol. The van der Waals surface area contributed by atoms with Gasteiger partial charge in [0.2, 0.25) is 0 Å². The predicted molar refractivity (Wildman–Crippen MR) is 115 cm³/mol. The number of allylic oxidation sites excluding steroid dienone is 6. The van der Waals surface area contributed by atoms with Gasteiger partial charge < -0.3 is 9.84 Å². The molecular weight excluding hydrogens is 400 g/mol. The molecule has 0 N–H and O–H groups in total. The van der Waals surface area contributed by atoms with Crippen LogP contribution in [0, 0.1) is 0 Å². The third kappa shape index (κ3) is 6.76. The number of hydrogen-bond donors (Lipinski definition) is 0. The molecule has 0 heterocycles. The molecule has 3 heteroatoms. The van der Waals surface area contributed by atoms with E-state index in [4.69, 9.17) is 4.74 Å². The second-order valence-corrected chi connectivity index (χ2v) is 6.18. The summed E-state index contributed by atoms with van der Waals surface area (Å²) in [6, 6.07) is 26.1. The van der Waals surface area contributed by atoms with E-state index in [0.29, 0.717) is 0 Å². The smallest absolute Gasteiger partial charge is 0.872 e. The summed E-state index contributed by atoms with van der Waals surface area (Å²) >= 11 is 0. The van der Waals surface area contributed by atoms with Crippen molar-refractivity contribution in [3.63, 3.8) is 0 Å². The average Bonchev–Trinajstić information content (AvgIpc) is 3.48. The van der Waals surface area contributed by atoms with Crippen molar-refractivity contribution in [1.82, 2.24) is 0 Å². The number of benzene rings is 2. The third-order valence-corrected chi connectivity index (χ3v) is 4.26. The summed E-state index contributed by atoms with van der Waals surface area (Å²) in [6.07, 6.45) is 10.8. The summed E-state index contributed by atoms with van der Waals surface area (Å²) in [4.78, 5) is 0. The fourth-order valence-electron chi connectivity index (χ4n) is 2.72. The Labute approximate surface area is 183 Å². The van der Waals surface area contributed by atoms with Gasteiger partial charge in [0.25, 0.3) is 0 Å². The molecule has 0 radical (unpaired) electrons. The first kappa shape index (κ1) is 22.2. The van der Waals surface area contributed by atoms with Crippen molar-refractivity contribution in [3.05, 3.63) is 126 Å². The first-order valence-electron chi connectivity index (χ1n) is 9.11. The van der Waals surface area contributed by atoms with Crippen LogP contribution in [0.5, 0.6) is 5.75 Å². The zero-order valence-corrected chi connectivity index (χ0v) is 17.2.